The molecule has 0 spiro atoms. The Morgan fingerprint density at radius 3 is 2.57 bits per heavy atom. The smallest absolute Gasteiger partial charge is 0.459 e. The van der Waals surface area contributed by atoms with Gasteiger partial charge in [-0.2, -0.15) is 15.1 Å². The molecule has 16 heteroatoms. The molecule has 14 nitrogen and oxygen atoms in total. The molecule has 42 heavy (non-hydrogen) atoms. The van der Waals surface area contributed by atoms with Gasteiger partial charge in [-0.05, 0) is 39.8 Å². The van der Waals surface area contributed by atoms with Crippen molar-refractivity contribution in [1.29, 1.82) is 0 Å². The van der Waals surface area contributed by atoms with Crippen LogP contribution in [0.3, 0.4) is 0 Å². The quantitative estimate of drug-likeness (QED) is 0.228. The van der Waals surface area contributed by atoms with Crippen LogP contribution in [0.15, 0.2) is 36.7 Å². The minimum Gasteiger partial charge on any atom is -0.467 e. The number of carbonyl (C=O) groups is 1. The van der Waals surface area contributed by atoms with E-state index in [1.54, 1.807) is 63.2 Å². The first-order chi connectivity index (χ1) is 19.8. The Labute approximate surface area is 242 Å². The lowest BCUT2D eigenvalue weighted by Gasteiger charge is -2.30. The molecule has 0 aliphatic carbocycles. The molecule has 0 unspecified atom stereocenters. The molecule has 3 heterocycles. The highest BCUT2D eigenvalue weighted by molar-refractivity contribution is 7.52. The van der Waals surface area contributed by atoms with Crippen molar-refractivity contribution in [2.24, 2.45) is 0 Å². The molecule has 230 valence electrons. The fourth-order valence-electron chi connectivity index (χ4n) is 4.25. The van der Waals surface area contributed by atoms with Crippen LogP contribution in [0.25, 0.3) is 11.2 Å². The second-order valence-corrected chi connectivity index (χ2v) is 12.2. The lowest BCUT2D eigenvalue weighted by molar-refractivity contribution is -0.149. The van der Waals surface area contributed by atoms with Crippen molar-refractivity contribution in [2.45, 2.75) is 63.9 Å². The van der Waals surface area contributed by atoms with E-state index in [4.69, 9.17) is 23.3 Å². The minimum absolute atomic E-state index is 0.0307. The number of anilines is 1. The average molecular weight is 611 g/mol. The number of carbonyl (C=O) groups excluding carboxylic acids is 1. The number of esters is 1. The maximum Gasteiger partial charge on any atom is 0.459 e. The third-order valence-corrected chi connectivity index (χ3v) is 8.02. The number of aromatic nitrogens is 4. The number of halogens is 1. The zero-order chi connectivity index (χ0) is 30.8. The van der Waals surface area contributed by atoms with Crippen LogP contribution in [-0.4, -0.2) is 88.4 Å². The number of nitrogens with one attached hydrogen (secondary N) is 1. The number of ether oxygens (including phenoxy) is 3. The van der Waals surface area contributed by atoms with E-state index in [2.05, 4.69) is 20.0 Å². The highest BCUT2D eigenvalue weighted by Crippen LogP contribution is 2.48. The van der Waals surface area contributed by atoms with Gasteiger partial charge in [-0.1, -0.05) is 18.2 Å². The Balaban J connectivity index is 1.59. The normalized spacial score (nSPS) is 24.4. The van der Waals surface area contributed by atoms with E-state index in [0.717, 1.165) is 0 Å². The molecule has 3 aromatic rings. The van der Waals surface area contributed by atoms with Gasteiger partial charge in [0.05, 0.1) is 26.1 Å². The summed E-state index contributed by atoms with van der Waals surface area (Å²) in [5, 5.41) is 13.5. The number of para-hydroxylation sites is 1. The number of aliphatic hydroxyl groups excluding tert-OH is 1. The summed E-state index contributed by atoms with van der Waals surface area (Å²) in [7, 11) is 0.609. The Morgan fingerprint density at radius 1 is 1.26 bits per heavy atom. The molecule has 1 aliphatic heterocycles. The molecular formula is C26H36FN6O8P. The van der Waals surface area contributed by atoms with Crippen molar-refractivity contribution >= 4 is 30.7 Å². The summed E-state index contributed by atoms with van der Waals surface area (Å²) in [6, 6.07) is 7.10. The number of alkyl halides is 1. The molecule has 2 aromatic heterocycles. The number of rotatable bonds is 12. The van der Waals surface area contributed by atoms with Gasteiger partial charge in [0.2, 0.25) is 0 Å². The van der Waals surface area contributed by atoms with E-state index >= 15 is 4.39 Å². The Morgan fingerprint density at radius 2 is 1.95 bits per heavy atom. The molecule has 0 radical (unpaired) electrons. The minimum atomic E-state index is -4.31. The van der Waals surface area contributed by atoms with E-state index in [-0.39, 0.29) is 17.4 Å². The number of hydrogen-bond donors (Lipinski definition) is 2. The van der Waals surface area contributed by atoms with Gasteiger partial charge in [0.15, 0.2) is 29.4 Å². The van der Waals surface area contributed by atoms with Crippen LogP contribution < -0.4 is 19.2 Å². The van der Waals surface area contributed by atoms with Gasteiger partial charge in [0, 0.05) is 14.1 Å². The van der Waals surface area contributed by atoms with E-state index in [1.807, 2.05) is 0 Å². The SMILES string of the molecule is COc1nc(N(C)C)c2ncn([C@@H]3O[C@](C)(CO[P@@](=O)(N[C@@H](C)C(=O)OC(C)C)Oc4ccccc4)[C@@H](O)[C@H]3F)c2n1. The predicted octanol–water partition coefficient (Wildman–Crippen LogP) is 3.02. The van der Waals surface area contributed by atoms with Crippen LogP contribution in [0.1, 0.15) is 33.9 Å². The number of benzene rings is 1. The largest absolute Gasteiger partial charge is 0.467 e. The third kappa shape index (κ3) is 6.65. The number of fused-ring (bicyclic) bond motifs is 1. The Hall–Kier alpha value is -3.36. The van der Waals surface area contributed by atoms with Gasteiger partial charge in [-0.15, -0.1) is 0 Å². The second kappa shape index (κ2) is 12.5. The van der Waals surface area contributed by atoms with Crippen molar-refractivity contribution in [3.8, 4) is 11.8 Å². The number of imidazole rings is 1. The summed E-state index contributed by atoms with van der Waals surface area (Å²) in [6.45, 7) is 5.62. The number of hydrogen-bond acceptors (Lipinski definition) is 12. The molecule has 2 N–H and O–H groups in total. The molecule has 0 saturated carbocycles. The maximum absolute atomic E-state index is 15.7. The molecule has 1 aliphatic rings. The summed E-state index contributed by atoms with van der Waals surface area (Å²) >= 11 is 0. The molecule has 1 saturated heterocycles. The zero-order valence-electron chi connectivity index (χ0n) is 24.4. The van der Waals surface area contributed by atoms with Gasteiger partial charge in [-0.3, -0.25) is 13.9 Å². The first kappa shape index (κ1) is 31.6. The van der Waals surface area contributed by atoms with Gasteiger partial charge in [0.25, 0.3) is 0 Å². The molecule has 1 fully saturated rings. The predicted molar refractivity (Wildman–Crippen MR) is 150 cm³/mol. The van der Waals surface area contributed by atoms with Crippen LogP contribution in [0.2, 0.25) is 0 Å². The van der Waals surface area contributed by atoms with E-state index in [1.165, 1.54) is 31.9 Å². The van der Waals surface area contributed by atoms with E-state index < -0.39 is 56.6 Å². The van der Waals surface area contributed by atoms with Crippen molar-refractivity contribution < 1.29 is 42.1 Å². The van der Waals surface area contributed by atoms with Crippen LogP contribution in [-0.2, 0) is 23.4 Å². The summed E-state index contributed by atoms with van der Waals surface area (Å²) in [5.41, 5.74) is -1.13. The summed E-state index contributed by atoms with van der Waals surface area (Å²) in [4.78, 5) is 27.1. The van der Waals surface area contributed by atoms with Gasteiger partial charge in [0.1, 0.15) is 23.5 Å². The first-order valence-electron chi connectivity index (χ1n) is 13.2. The number of methoxy groups -OCH3 is 1. The standard InChI is InChI=1S/C26H36FN6O8P/c1-15(2)39-24(35)16(3)31-42(36,41-17-11-9-8-10-12-17)38-13-26(4)20(34)18(27)23(40-26)33-14-28-19-21(32(5)6)29-25(37-7)30-22(19)33/h8-12,14-16,18,20,23,34H,13H2,1-7H3,(H,31,36)/t16-,18+,20-,23+,26+,42-/m0/s1. The lowest BCUT2D eigenvalue weighted by Crippen LogP contribution is -2.44. The Kier molecular flexibility index (Phi) is 9.38. The molecule has 6 atom stereocenters. The van der Waals surface area contributed by atoms with Crippen LogP contribution in [0.5, 0.6) is 11.8 Å². The highest BCUT2D eigenvalue weighted by atomic mass is 31.2. The molecule has 4 rings (SSSR count). The van der Waals surface area contributed by atoms with Crippen molar-refractivity contribution in [2.75, 3.05) is 32.7 Å². The summed E-state index contributed by atoms with van der Waals surface area (Å²) in [6.07, 6.45) is -4.13. The maximum atomic E-state index is 15.7. The van der Waals surface area contributed by atoms with Crippen LogP contribution in [0.4, 0.5) is 10.2 Å². The summed E-state index contributed by atoms with van der Waals surface area (Å²) in [5.74, 6) is -0.0580. The van der Waals surface area contributed by atoms with Crippen LogP contribution in [0, 0.1) is 0 Å². The zero-order valence-corrected chi connectivity index (χ0v) is 25.3. The fraction of sp³-hybridized carbons (Fsp3) is 0.538. The third-order valence-electron chi connectivity index (χ3n) is 6.40. The first-order valence-corrected chi connectivity index (χ1v) is 14.7. The van der Waals surface area contributed by atoms with Crippen molar-refractivity contribution in [3.05, 3.63) is 36.7 Å². The fourth-order valence-corrected chi connectivity index (χ4v) is 5.84. The lowest BCUT2D eigenvalue weighted by atomic mass is 9.99. The van der Waals surface area contributed by atoms with Crippen molar-refractivity contribution in [3.63, 3.8) is 0 Å². The number of nitrogens with zero attached hydrogens (tertiary/aromatic N) is 5. The highest BCUT2D eigenvalue weighted by Gasteiger charge is 2.55. The summed E-state index contributed by atoms with van der Waals surface area (Å²) < 4.78 is 58.6. The van der Waals surface area contributed by atoms with E-state index in [9.17, 15) is 14.5 Å². The molecule has 1 aromatic carbocycles. The monoisotopic (exact) mass is 610 g/mol. The second-order valence-electron chi connectivity index (χ2n) is 10.5. The van der Waals surface area contributed by atoms with Crippen LogP contribution >= 0.6 is 7.75 Å². The number of aliphatic hydroxyl groups is 1. The van der Waals surface area contributed by atoms with Gasteiger partial charge in [-0.25, -0.2) is 13.9 Å². The topological polar surface area (TPSA) is 159 Å². The molecule has 0 bridgehead atoms. The molecule has 0 amide bonds. The Bertz CT molecular complexity index is 1440. The van der Waals surface area contributed by atoms with Gasteiger partial charge >= 0.3 is 19.7 Å². The van der Waals surface area contributed by atoms with E-state index in [0.29, 0.717) is 11.3 Å². The van der Waals surface area contributed by atoms with Crippen molar-refractivity contribution in [1.82, 2.24) is 24.6 Å². The van der Waals surface area contributed by atoms with Gasteiger partial charge < -0.3 is 28.7 Å². The molecular weight excluding hydrogens is 574 g/mol. The average Bonchev–Trinajstić information content (AvgIpc) is 3.46.